The first-order chi connectivity index (χ1) is 17.6. The summed E-state index contributed by atoms with van der Waals surface area (Å²) >= 11 is 0. The van der Waals surface area contributed by atoms with Crippen LogP contribution in [-0.4, -0.2) is 35.8 Å². The monoisotopic (exact) mass is 503 g/mol. The van der Waals surface area contributed by atoms with Crippen LogP contribution < -0.4 is 16.3 Å². The fraction of sp³-hybridized carbons (Fsp3) is 0.286. The van der Waals surface area contributed by atoms with E-state index in [0.29, 0.717) is 16.8 Å². The normalized spacial score (nSPS) is 12.2. The van der Waals surface area contributed by atoms with Gasteiger partial charge in [0.15, 0.2) is 0 Å². The van der Waals surface area contributed by atoms with Crippen LogP contribution in [0.5, 0.6) is 0 Å². The van der Waals surface area contributed by atoms with Gasteiger partial charge in [-0.3, -0.25) is 5.32 Å². The molecule has 4 aromatic rings. The standard InChI is InChI=1S/C28H29N3O6/c1-16-20(31-27(34)37-28(2,3)4)13-14-21-23(16)25(33)36-26(29-21)30-22(24(32)35-5)15-18-11-8-10-17-9-6-7-12-19(17)18/h6-14,22H,15H2,1-5H3,(H,29,30)(H,31,34)/t22-/m0/s1. The molecule has 0 fully saturated rings. The Morgan fingerprint density at radius 3 is 2.51 bits per heavy atom. The second-order valence-electron chi connectivity index (χ2n) is 9.63. The molecule has 1 heterocycles. The second kappa shape index (κ2) is 10.3. The first kappa shape index (κ1) is 25.7. The van der Waals surface area contributed by atoms with Crippen molar-refractivity contribution in [2.75, 3.05) is 17.7 Å². The lowest BCUT2D eigenvalue weighted by atomic mass is 9.99. The smallest absolute Gasteiger partial charge is 0.412 e. The summed E-state index contributed by atoms with van der Waals surface area (Å²) in [5.41, 5.74) is 0.832. The molecule has 4 rings (SSSR count). The Hall–Kier alpha value is -4.40. The number of carbonyl (C=O) groups is 2. The lowest BCUT2D eigenvalue weighted by Gasteiger charge is -2.20. The van der Waals surface area contributed by atoms with Crippen molar-refractivity contribution in [1.82, 2.24) is 4.98 Å². The molecule has 2 N–H and O–H groups in total. The molecular formula is C28H29N3O6. The maximum Gasteiger partial charge on any atom is 0.412 e. The third kappa shape index (κ3) is 5.88. The van der Waals surface area contributed by atoms with E-state index >= 15 is 0 Å². The molecule has 0 aliphatic carbocycles. The highest BCUT2D eigenvalue weighted by atomic mass is 16.6. The molecule has 1 atom stereocenters. The van der Waals surface area contributed by atoms with E-state index in [1.165, 1.54) is 7.11 Å². The van der Waals surface area contributed by atoms with E-state index in [0.717, 1.165) is 16.3 Å². The van der Waals surface area contributed by atoms with E-state index in [2.05, 4.69) is 15.6 Å². The average Bonchev–Trinajstić information content (AvgIpc) is 2.83. The number of hydrogen-bond acceptors (Lipinski definition) is 8. The number of amides is 1. The minimum Gasteiger partial charge on any atom is -0.467 e. The molecule has 0 saturated carbocycles. The number of rotatable bonds is 6. The van der Waals surface area contributed by atoms with Crippen molar-refractivity contribution < 1.29 is 23.5 Å². The lowest BCUT2D eigenvalue weighted by molar-refractivity contribution is -0.141. The van der Waals surface area contributed by atoms with E-state index in [4.69, 9.17) is 13.9 Å². The summed E-state index contributed by atoms with van der Waals surface area (Å²) in [5, 5.41) is 7.84. The summed E-state index contributed by atoms with van der Waals surface area (Å²) in [6.07, 6.45) is -0.352. The third-order valence-corrected chi connectivity index (χ3v) is 5.78. The number of aromatic nitrogens is 1. The van der Waals surface area contributed by atoms with Gasteiger partial charge in [0, 0.05) is 12.1 Å². The van der Waals surface area contributed by atoms with Gasteiger partial charge in [-0.25, -0.2) is 14.4 Å². The highest BCUT2D eigenvalue weighted by molar-refractivity contribution is 5.93. The quantitative estimate of drug-likeness (QED) is 0.345. The topological polar surface area (TPSA) is 120 Å². The van der Waals surface area contributed by atoms with Crippen LogP contribution in [0.25, 0.3) is 21.7 Å². The van der Waals surface area contributed by atoms with Gasteiger partial charge in [-0.05, 0) is 61.7 Å². The molecule has 192 valence electrons. The van der Waals surface area contributed by atoms with E-state index in [9.17, 15) is 14.4 Å². The first-order valence-electron chi connectivity index (χ1n) is 11.8. The number of ether oxygens (including phenoxy) is 2. The number of aryl methyl sites for hydroxylation is 1. The average molecular weight is 504 g/mol. The number of esters is 1. The van der Waals surface area contributed by atoms with Crippen LogP contribution in [0.2, 0.25) is 0 Å². The van der Waals surface area contributed by atoms with Crippen molar-refractivity contribution in [3.05, 3.63) is 76.1 Å². The molecule has 0 radical (unpaired) electrons. The van der Waals surface area contributed by atoms with Crippen molar-refractivity contribution >= 4 is 45.4 Å². The molecule has 9 heteroatoms. The minimum atomic E-state index is -0.849. The summed E-state index contributed by atoms with van der Waals surface area (Å²) in [5.74, 6) is -0.523. The largest absolute Gasteiger partial charge is 0.467 e. The van der Waals surface area contributed by atoms with E-state index in [1.54, 1.807) is 39.8 Å². The van der Waals surface area contributed by atoms with E-state index < -0.39 is 29.3 Å². The molecule has 0 aliphatic rings. The number of hydrogen-bond donors (Lipinski definition) is 2. The van der Waals surface area contributed by atoms with Crippen LogP contribution in [-0.2, 0) is 20.7 Å². The molecule has 37 heavy (non-hydrogen) atoms. The third-order valence-electron chi connectivity index (χ3n) is 5.78. The zero-order valence-corrected chi connectivity index (χ0v) is 21.4. The molecule has 9 nitrogen and oxygen atoms in total. The van der Waals surface area contributed by atoms with Crippen molar-refractivity contribution in [2.45, 2.75) is 45.8 Å². The molecule has 1 amide bonds. The molecule has 0 spiro atoms. The number of benzene rings is 3. The Labute approximate surface area is 213 Å². The van der Waals surface area contributed by atoms with Gasteiger partial charge in [0.25, 0.3) is 6.01 Å². The lowest BCUT2D eigenvalue weighted by Crippen LogP contribution is -2.33. The Balaban J connectivity index is 1.63. The summed E-state index contributed by atoms with van der Waals surface area (Å²) in [6.45, 7) is 6.96. The van der Waals surface area contributed by atoms with Gasteiger partial charge < -0.3 is 19.2 Å². The zero-order valence-electron chi connectivity index (χ0n) is 21.4. The maximum absolute atomic E-state index is 12.9. The minimum absolute atomic E-state index is 0.111. The van der Waals surface area contributed by atoms with Gasteiger partial charge in [0.05, 0.1) is 18.0 Å². The molecule has 0 aliphatic heterocycles. The Morgan fingerprint density at radius 1 is 1.05 bits per heavy atom. The van der Waals surface area contributed by atoms with E-state index in [1.807, 2.05) is 42.5 Å². The molecule has 1 aromatic heterocycles. The Kier molecular flexibility index (Phi) is 7.15. The summed E-state index contributed by atoms with van der Waals surface area (Å²) < 4.78 is 15.7. The number of fused-ring (bicyclic) bond motifs is 2. The zero-order chi connectivity index (χ0) is 26.7. The number of nitrogens with zero attached hydrogens (tertiary/aromatic N) is 1. The molecule has 3 aromatic carbocycles. The fourth-order valence-corrected chi connectivity index (χ4v) is 4.10. The van der Waals surface area contributed by atoms with Crippen molar-refractivity contribution in [3.8, 4) is 0 Å². The highest BCUT2D eigenvalue weighted by Gasteiger charge is 2.24. The predicted molar refractivity (Wildman–Crippen MR) is 142 cm³/mol. The van der Waals surface area contributed by atoms with Gasteiger partial charge in [-0.1, -0.05) is 42.5 Å². The first-order valence-corrected chi connectivity index (χ1v) is 11.8. The summed E-state index contributed by atoms with van der Waals surface area (Å²) in [7, 11) is 1.30. The number of anilines is 2. The number of carbonyl (C=O) groups excluding carboxylic acids is 2. The van der Waals surface area contributed by atoms with Crippen LogP contribution in [0.4, 0.5) is 16.5 Å². The Bertz CT molecular complexity index is 1530. The summed E-state index contributed by atoms with van der Waals surface area (Å²) in [6, 6.07) is 16.0. The molecule has 0 saturated heterocycles. The fourth-order valence-electron chi connectivity index (χ4n) is 4.10. The van der Waals surface area contributed by atoms with Crippen LogP contribution in [0.15, 0.2) is 63.8 Å². The van der Waals surface area contributed by atoms with Crippen LogP contribution in [0.1, 0.15) is 31.9 Å². The van der Waals surface area contributed by atoms with Gasteiger partial charge in [0.2, 0.25) is 0 Å². The van der Waals surface area contributed by atoms with Gasteiger partial charge in [0.1, 0.15) is 11.6 Å². The highest BCUT2D eigenvalue weighted by Crippen LogP contribution is 2.25. The maximum atomic E-state index is 12.9. The summed E-state index contributed by atoms with van der Waals surface area (Å²) in [4.78, 5) is 42.2. The predicted octanol–water partition coefficient (Wildman–Crippen LogP) is 5.19. The van der Waals surface area contributed by atoms with Gasteiger partial charge in [-0.15, -0.1) is 0 Å². The molecule has 0 unspecified atom stereocenters. The molecular weight excluding hydrogens is 474 g/mol. The molecule has 0 bridgehead atoms. The van der Waals surface area contributed by atoms with Crippen molar-refractivity contribution in [1.29, 1.82) is 0 Å². The van der Waals surface area contributed by atoms with Crippen molar-refractivity contribution in [2.24, 2.45) is 0 Å². The van der Waals surface area contributed by atoms with Crippen molar-refractivity contribution in [3.63, 3.8) is 0 Å². The van der Waals surface area contributed by atoms with Crippen LogP contribution in [0, 0.1) is 6.92 Å². The van der Waals surface area contributed by atoms with Crippen LogP contribution >= 0.6 is 0 Å². The number of methoxy groups -OCH3 is 1. The van der Waals surface area contributed by atoms with Gasteiger partial charge in [-0.2, -0.15) is 4.98 Å². The van der Waals surface area contributed by atoms with Gasteiger partial charge >= 0.3 is 17.7 Å². The van der Waals surface area contributed by atoms with Crippen LogP contribution in [0.3, 0.4) is 0 Å². The number of nitrogens with one attached hydrogen (secondary N) is 2. The Morgan fingerprint density at radius 2 is 1.78 bits per heavy atom. The second-order valence-corrected chi connectivity index (χ2v) is 9.63. The van der Waals surface area contributed by atoms with E-state index in [-0.39, 0.29) is 17.8 Å². The SMILES string of the molecule is COC(=O)[C@H](Cc1cccc2ccccc12)Nc1nc2ccc(NC(=O)OC(C)(C)C)c(C)c2c(=O)o1.